The van der Waals surface area contributed by atoms with Crippen molar-refractivity contribution in [3.05, 3.63) is 11.8 Å². The smallest absolute Gasteiger partial charge is 0.127 e. The molecule has 4 rings (SSSR count). The second-order valence-electron chi connectivity index (χ2n) is 8.20. The van der Waals surface area contributed by atoms with Crippen LogP contribution in [0, 0.1) is 0 Å². The Labute approximate surface area is 139 Å². The Kier molecular flexibility index (Phi) is 3.98. The Morgan fingerprint density at radius 3 is 2.78 bits per heavy atom. The average molecular weight is 322 g/mol. The van der Waals surface area contributed by atoms with Crippen LogP contribution in [-0.2, 0) is 18.9 Å². The summed E-state index contributed by atoms with van der Waals surface area (Å²) in [4.78, 5) is 0. The lowest BCUT2D eigenvalue weighted by Gasteiger charge is -2.56. The van der Waals surface area contributed by atoms with E-state index >= 15 is 0 Å². The molecule has 0 radical (unpaired) electrons. The summed E-state index contributed by atoms with van der Waals surface area (Å²) in [5.41, 5.74) is -0.479. The molecule has 0 N–H and O–H groups in total. The summed E-state index contributed by atoms with van der Waals surface area (Å²) in [6.07, 6.45) is 10.1. The van der Waals surface area contributed by atoms with Crippen molar-refractivity contribution in [1.82, 2.24) is 0 Å². The summed E-state index contributed by atoms with van der Waals surface area (Å²) in [5, 5.41) is 0. The van der Waals surface area contributed by atoms with E-state index in [1.807, 2.05) is 6.92 Å². The molecule has 0 amide bonds. The zero-order chi connectivity index (χ0) is 16.1. The standard InChI is InChI=1S/C19H30O4/c1-13-7-6-8-14-15(21-13)11-17-19(3,23-14)12-18(2)16(22-17)9-4-5-10-20-18/h7,14-17H,4-6,8-12H2,1-3H3/t14-,15+,16+,17-,18-,19+/m0/s1. The molecule has 4 heteroatoms. The van der Waals surface area contributed by atoms with Gasteiger partial charge < -0.3 is 18.9 Å². The molecule has 0 aromatic rings. The molecular formula is C19H30O4. The second-order valence-corrected chi connectivity index (χ2v) is 8.20. The monoisotopic (exact) mass is 322 g/mol. The quantitative estimate of drug-likeness (QED) is 0.681. The van der Waals surface area contributed by atoms with E-state index in [2.05, 4.69) is 19.9 Å². The van der Waals surface area contributed by atoms with E-state index in [9.17, 15) is 0 Å². The Morgan fingerprint density at radius 1 is 1.04 bits per heavy atom. The maximum atomic E-state index is 6.60. The second kappa shape index (κ2) is 5.75. The highest BCUT2D eigenvalue weighted by atomic mass is 16.6. The number of rotatable bonds is 0. The number of fused-ring (bicyclic) bond motifs is 3. The highest BCUT2D eigenvalue weighted by Gasteiger charge is 2.57. The maximum absolute atomic E-state index is 6.60. The van der Waals surface area contributed by atoms with Crippen LogP contribution in [0.25, 0.3) is 0 Å². The zero-order valence-corrected chi connectivity index (χ0v) is 14.7. The molecule has 130 valence electrons. The summed E-state index contributed by atoms with van der Waals surface area (Å²) < 4.78 is 25.5. The lowest BCUT2D eigenvalue weighted by molar-refractivity contribution is -0.311. The highest BCUT2D eigenvalue weighted by Crippen LogP contribution is 2.48. The van der Waals surface area contributed by atoms with Crippen molar-refractivity contribution in [2.75, 3.05) is 6.61 Å². The van der Waals surface area contributed by atoms with E-state index in [-0.39, 0.29) is 35.6 Å². The van der Waals surface area contributed by atoms with Crippen LogP contribution in [0.1, 0.15) is 65.7 Å². The first-order valence-corrected chi connectivity index (χ1v) is 9.29. The van der Waals surface area contributed by atoms with E-state index in [1.54, 1.807) is 0 Å². The molecule has 0 aromatic heterocycles. The van der Waals surface area contributed by atoms with Gasteiger partial charge in [0.25, 0.3) is 0 Å². The molecule has 4 nitrogen and oxygen atoms in total. The van der Waals surface area contributed by atoms with Crippen LogP contribution >= 0.6 is 0 Å². The van der Waals surface area contributed by atoms with E-state index in [0.717, 1.165) is 50.9 Å². The lowest BCUT2D eigenvalue weighted by Crippen LogP contribution is -2.66. The van der Waals surface area contributed by atoms with Crippen LogP contribution in [0.15, 0.2) is 11.8 Å². The van der Waals surface area contributed by atoms with E-state index < -0.39 is 0 Å². The Bertz CT molecular complexity index is 490. The summed E-state index contributed by atoms with van der Waals surface area (Å²) in [7, 11) is 0. The summed E-state index contributed by atoms with van der Waals surface area (Å²) in [6.45, 7) is 7.33. The van der Waals surface area contributed by atoms with Crippen molar-refractivity contribution in [2.45, 2.75) is 101 Å². The van der Waals surface area contributed by atoms with Crippen LogP contribution in [0.5, 0.6) is 0 Å². The summed E-state index contributed by atoms with van der Waals surface area (Å²) >= 11 is 0. The fourth-order valence-corrected chi connectivity index (χ4v) is 4.98. The Hall–Kier alpha value is -0.580. The molecule has 0 spiro atoms. The van der Waals surface area contributed by atoms with Crippen molar-refractivity contribution in [3.8, 4) is 0 Å². The van der Waals surface area contributed by atoms with Gasteiger partial charge in [0.2, 0.25) is 0 Å². The van der Waals surface area contributed by atoms with Gasteiger partial charge in [0.05, 0.1) is 35.3 Å². The number of hydrogen-bond donors (Lipinski definition) is 0. The van der Waals surface area contributed by atoms with Crippen molar-refractivity contribution in [3.63, 3.8) is 0 Å². The predicted molar refractivity (Wildman–Crippen MR) is 87.2 cm³/mol. The van der Waals surface area contributed by atoms with Gasteiger partial charge in [-0.05, 0) is 59.0 Å². The Morgan fingerprint density at radius 2 is 1.91 bits per heavy atom. The van der Waals surface area contributed by atoms with Crippen LogP contribution in [-0.4, -0.2) is 42.2 Å². The van der Waals surface area contributed by atoms with Crippen LogP contribution in [0.4, 0.5) is 0 Å². The van der Waals surface area contributed by atoms with Crippen molar-refractivity contribution in [2.24, 2.45) is 0 Å². The topological polar surface area (TPSA) is 36.9 Å². The van der Waals surface area contributed by atoms with Gasteiger partial charge in [-0.1, -0.05) is 0 Å². The van der Waals surface area contributed by atoms with Gasteiger partial charge in [-0.2, -0.15) is 0 Å². The third-order valence-corrected chi connectivity index (χ3v) is 6.19. The molecule has 23 heavy (non-hydrogen) atoms. The molecule has 4 aliphatic heterocycles. The first kappa shape index (κ1) is 15.9. The van der Waals surface area contributed by atoms with Crippen LogP contribution in [0.2, 0.25) is 0 Å². The normalized spacial score (nSPS) is 50.3. The molecule has 3 fully saturated rings. The molecular weight excluding hydrogens is 292 g/mol. The van der Waals surface area contributed by atoms with Gasteiger partial charge in [-0.15, -0.1) is 0 Å². The number of allylic oxidation sites excluding steroid dienone is 2. The first-order valence-electron chi connectivity index (χ1n) is 9.29. The third-order valence-electron chi connectivity index (χ3n) is 6.19. The van der Waals surface area contributed by atoms with Gasteiger partial charge in [0.15, 0.2) is 0 Å². The molecule has 6 atom stereocenters. The molecule has 0 bridgehead atoms. The van der Waals surface area contributed by atoms with Gasteiger partial charge in [-0.3, -0.25) is 0 Å². The van der Waals surface area contributed by atoms with Crippen molar-refractivity contribution >= 4 is 0 Å². The van der Waals surface area contributed by atoms with Gasteiger partial charge >= 0.3 is 0 Å². The van der Waals surface area contributed by atoms with Crippen molar-refractivity contribution < 1.29 is 18.9 Å². The average Bonchev–Trinajstić information content (AvgIpc) is 2.76. The fourth-order valence-electron chi connectivity index (χ4n) is 4.98. The SMILES string of the molecule is CC1=CCC[C@@H]2O[C@]3(C)C[C@]4(C)OCCCC[C@H]4O[C@H]3C[C@H]2O1. The van der Waals surface area contributed by atoms with Crippen LogP contribution in [0.3, 0.4) is 0 Å². The molecule has 0 aromatic carbocycles. The van der Waals surface area contributed by atoms with Gasteiger partial charge in [0.1, 0.15) is 6.10 Å². The minimum Gasteiger partial charge on any atom is -0.493 e. The number of ether oxygens (including phenoxy) is 4. The summed E-state index contributed by atoms with van der Waals surface area (Å²) in [6, 6.07) is 0. The fraction of sp³-hybridized carbons (Fsp3) is 0.895. The Balaban J connectivity index is 1.57. The molecule has 4 aliphatic rings. The van der Waals surface area contributed by atoms with Crippen LogP contribution < -0.4 is 0 Å². The molecule has 4 heterocycles. The largest absolute Gasteiger partial charge is 0.493 e. The van der Waals surface area contributed by atoms with Gasteiger partial charge in [0, 0.05) is 19.4 Å². The minimum atomic E-state index is -0.266. The first-order chi connectivity index (χ1) is 11.0. The predicted octanol–water partition coefficient (Wildman–Crippen LogP) is 3.73. The lowest BCUT2D eigenvalue weighted by atomic mass is 9.74. The summed E-state index contributed by atoms with van der Waals surface area (Å²) in [5.74, 6) is 1.03. The molecule has 0 saturated carbocycles. The zero-order valence-electron chi connectivity index (χ0n) is 14.7. The molecule has 3 saturated heterocycles. The minimum absolute atomic E-state index is 0.106. The van der Waals surface area contributed by atoms with E-state index in [0.29, 0.717) is 0 Å². The molecule has 0 unspecified atom stereocenters. The van der Waals surface area contributed by atoms with E-state index in [1.165, 1.54) is 6.42 Å². The third kappa shape index (κ3) is 2.83. The molecule has 0 aliphatic carbocycles. The maximum Gasteiger partial charge on any atom is 0.127 e. The van der Waals surface area contributed by atoms with Gasteiger partial charge in [-0.25, -0.2) is 0 Å². The highest BCUT2D eigenvalue weighted by molar-refractivity contribution is 5.08. The van der Waals surface area contributed by atoms with Crippen molar-refractivity contribution in [1.29, 1.82) is 0 Å². The number of hydrogen-bond acceptors (Lipinski definition) is 4. The van der Waals surface area contributed by atoms with E-state index in [4.69, 9.17) is 18.9 Å².